The lowest BCUT2D eigenvalue weighted by molar-refractivity contribution is 0.100. The minimum absolute atomic E-state index is 0.416. The largest absolute Gasteiger partial charge is 0.366 e. The Kier molecular flexibility index (Phi) is 4.58. The van der Waals surface area contributed by atoms with Gasteiger partial charge in [-0.2, -0.15) is 5.26 Å². The fourth-order valence-electron chi connectivity index (χ4n) is 3.88. The molecule has 1 amide bonds. The number of amides is 1. The number of benzene rings is 3. The topological polar surface area (TPSA) is 71.8 Å². The lowest BCUT2D eigenvalue weighted by atomic mass is 10.0. The summed E-state index contributed by atoms with van der Waals surface area (Å²) >= 11 is 0. The van der Waals surface area contributed by atoms with Crippen molar-refractivity contribution in [1.82, 2.24) is 4.57 Å². The van der Waals surface area contributed by atoms with Crippen LogP contribution in [0.3, 0.4) is 0 Å². The first kappa shape index (κ1) is 17.8. The number of hydrogen-bond donors (Lipinski definition) is 1. The Labute approximate surface area is 163 Å². The van der Waals surface area contributed by atoms with Crippen molar-refractivity contribution in [2.24, 2.45) is 5.73 Å². The van der Waals surface area contributed by atoms with Crippen molar-refractivity contribution in [3.05, 3.63) is 82.9 Å². The molecule has 4 aromatic rings. The maximum Gasteiger partial charge on any atom is 0.249 e. The molecule has 1 heterocycles. The van der Waals surface area contributed by atoms with Crippen LogP contribution in [0.1, 0.15) is 40.4 Å². The van der Waals surface area contributed by atoms with Crippen LogP contribution in [0.5, 0.6) is 0 Å². The second kappa shape index (κ2) is 7.21. The first-order valence-electron chi connectivity index (χ1n) is 9.45. The average Bonchev–Trinajstić information content (AvgIpc) is 3.02. The van der Waals surface area contributed by atoms with Gasteiger partial charge in [-0.05, 0) is 47.9 Å². The monoisotopic (exact) mass is 367 g/mol. The van der Waals surface area contributed by atoms with E-state index in [1.165, 1.54) is 5.56 Å². The highest BCUT2D eigenvalue weighted by Crippen LogP contribution is 2.33. The Bertz CT molecular complexity index is 1230. The Hall–Kier alpha value is -3.58. The van der Waals surface area contributed by atoms with Gasteiger partial charge in [-0.1, -0.05) is 43.7 Å². The summed E-state index contributed by atoms with van der Waals surface area (Å²) < 4.78 is 2.23. The molecule has 0 radical (unpaired) electrons. The smallest absolute Gasteiger partial charge is 0.249 e. The molecule has 0 atom stereocenters. The molecule has 0 aliphatic heterocycles. The van der Waals surface area contributed by atoms with Crippen LogP contribution in [-0.4, -0.2) is 10.5 Å². The Morgan fingerprint density at radius 1 is 1.04 bits per heavy atom. The second-order valence-electron chi connectivity index (χ2n) is 7.06. The van der Waals surface area contributed by atoms with E-state index in [-0.39, 0.29) is 0 Å². The van der Waals surface area contributed by atoms with Gasteiger partial charge in [0.2, 0.25) is 5.91 Å². The number of primary amides is 1. The van der Waals surface area contributed by atoms with Crippen LogP contribution in [0.15, 0.2) is 60.7 Å². The molecule has 0 saturated heterocycles. The van der Waals surface area contributed by atoms with Crippen molar-refractivity contribution >= 4 is 27.7 Å². The van der Waals surface area contributed by atoms with Crippen molar-refractivity contribution in [2.45, 2.75) is 26.3 Å². The van der Waals surface area contributed by atoms with Crippen LogP contribution in [0.4, 0.5) is 0 Å². The molecular weight excluding hydrogens is 346 g/mol. The summed E-state index contributed by atoms with van der Waals surface area (Å²) in [5.74, 6) is -0.416. The van der Waals surface area contributed by atoms with Crippen LogP contribution >= 0.6 is 0 Å². The molecule has 0 bridgehead atoms. The van der Waals surface area contributed by atoms with Crippen molar-refractivity contribution < 1.29 is 4.79 Å². The minimum atomic E-state index is -0.416. The Morgan fingerprint density at radius 2 is 1.79 bits per heavy atom. The van der Waals surface area contributed by atoms with Crippen LogP contribution in [0.25, 0.3) is 21.8 Å². The molecule has 4 heteroatoms. The molecule has 0 saturated carbocycles. The van der Waals surface area contributed by atoms with Gasteiger partial charge < -0.3 is 10.3 Å². The lowest BCUT2D eigenvalue weighted by Gasteiger charge is -2.09. The van der Waals surface area contributed by atoms with E-state index in [4.69, 9.17) is 11.0 Å². The van der Waals surface area contributed by atoms with Gasteiger partial charge in [0.25, 0.3) is 0 Å². The number of nitriles is 1. The highest BCUT2D eigenvalue weighted by atomic mass is 16.1. The molecule has 0 spiro atoms. The third-order valence-corrected chi connectivity index (χ3v) is 5.18. The molecule has 0 aliphatic carbocycles. The summed E-state index contributed by atoms with van der Waals surface area (Å²) in [5.41, 5.74) is 11.3. The number of aromatic nitrogens is 1. The molecule has 0 aliphatic rings. The molecule has 4 nitrogen and oxygen atoms in total. The number of fused-ring (bicyclic) bond motifs is 3. The minimum Gasteiger partial charge on any atom is -0.366 e. The number of rotatable bonds is 5. The summed E-state index contributed by atoms with van der Waals surface area (Å²) in [6.45, 7) is 2.82. The zero-order valence-corrected chi connectivity index (χ0v) is 15.8. The van der Waals surface area contributed by atoms with E-state index in [1.807, 2.05) is 36.4 Å². The first-order valence-corrected chi connectivity index (χ1v) is 9.45. The number of aryl methyl sites for hydroxylation is 1. The summed E-state index contributed by atoms with van der Waals surface area (Å²) in [6.07, 6.45) is 2.09. The molecule has 1 aromatic heterocycles. The molecule has 0 unspecified atom stereocenters. The normalized spacial score (nSPS) is 11.0. The van der Waals surface area contributed by atoms with Gasteiger partial charge in [0.05, 0.1) is 17.1 Å². The second-order valence-corrected chi connectivity index (χ2v) is 7.06. The third kappa shape index (κ3) is 3.01. The van der Waals surface area contributed by atoms with Crippen molar-refractivity contribution in [3.8, 4) is 6.07 Å². The van der Waals surface area contributed by atoms with Crippen LogP contribution < -0.4 is 5.73 Å². The van der Waals surface area contributed by atoms with Gasteiger partial charge in [-0.15, -0.1) is 0 Å². The van der Waals surface area contributed by atoms with Crippen LogP contribution in [0, 0.1) is 11.3 Å². The van der Waals surface area contributed by atoms with Crippen LogP contribution in [-0.2, 0) is 13.0 Å². The van der Waals surface area contributed by atoms with Crippen molar-refractivity contribution in [3.63, 3.8) is 0 Å². The predicted octanol–water partition coefficient (Wildman–Crippen LogP) is 4.77. The van der Waals surface area contributed by atoms with Gasteiger partial charge in [0.1, 0.15) is 0 Å². The van der Waals surface area contributed by atoms with Gasteiger partial charge in [0.15, 0.2) is 0 Å². The van der Waals surface area contributed by atoms with E-state index in [0.29, 0.717) is 17.7 Å². The van der Waals surface area contributed by atoms with E-state index in [0.717, 1.165) is 40.2 Å². The predicted molar refractivity (Wildman–Crippen MR) is 112 cm³/mol. The van der Waals surface area contributed by atoms with E-state index in [2.05, 4.69) is 35.8 Å². The molecule has 2 N–H and O–H groups in total. The standard InChI is InChI=1S/C24H21N3O/c1-2-4-16-11-12-19-22(13-16)27(15-18-9-7-17(14-25)8-10-18)21-6-3-5-20(23(19)21)24(26)28/h3,5-13H,2,4,15H2,1H3,(H2,26,28). The highest BCUT2D eigenvalue weighted by Gasteiger charge is 2.17. The number of hydrogen-bond acceptors (Lipinski definition) is 2. The Morgan fingerprint density at radius 3 is 2.46 bits per heavy atom. The molecule has 3 aromatic carbocycles. The molecule has 0 fully saturated rings. The average molecular weight is 367 g/mol. The van der Waals surface area contributed by atoms with Gasteiger partial charge >= 0.3 is 0 Å². The van der Waals surface area contributed by atoms with Crippen molar-refractivity contribution in [1.29, 1.82) is 5.26 Å². The number of carbonyl (C=O) groups is 1. The van der Waals surface area contributed by atoms with E-state index >= 15 is 0 Å². The summed E-state index contributed by atoms with van der Waals surface area (Å²) in [4.78, 5) is 12.0. The zero-order valence-electron chi connectivity index (χ0n) is 15.8. The quantitative estimate of drug-likeness (QED) is 0.552. The first-order chi connectivity index (χ1) is 13.6. The summed E-state index contributed by atoms with van der Waals surface area (Å²) in [6, 6.07) is 21.9. The van der Waals surface area contributed by atoms with Gasteiger partial charge in [-0.3, -0.25) is 4.79 Å². The van der Waals surface area contributed by atoms with Crippen molar-refractivity contribution in [2.75, 3.05) is 0 Å². The SMILES string of the molecule is CCCc1ccc2c3c(C(N)=O)cccc3n(Cc3ccc(C#N)cc3)c2c1. The molecular formula is C24H21N3O. The number of carbonyl (C=O) groups excluding carboxylic acids is 1. The maximum absolute atomic E-state index is 12.0. The van der Waals surface area contributed by atoms with E-state index in [9.17, 15) is 4.79 Å². The number of nitrogens with zero attached hydrogens (tertiary/aromatic N) is 2. The summed E-state index contributed by atoms with van der Waals surface area (Å²) in [5, 5.41) is 11.0. The molecule has 4 rings (SSSR count). The fraction of sp³-hybridized carbons (Fsp3) is 0.167. The van der Waals surface area contributed by atoms with Crippen LogP contribution in [0.2, 0.25) is 0 Å². The Balaban J connectivity index is 1.97. The zero-order chi connectivity index (χ0) is 19.7. The van der Waals surface area contributed by atoms with Gasteiger partial charge in [-0.25, -0.2) is 0 Å². The summed E-state index contributed by atoms with van der Waals surface area (Å²) in [7, 11) is 0. The fourth-order valence-corrected chi connectivity index (χ4v) is 3.88. The van der Waals surface area contributed by atoms with E-state index < -0.39 is 5.91 Å². The highest BCUT2D eigenvalue weighted by molar-refractivity contribution is 6.17. The molecule has 138 valence electrons. The lowest BCUT2D eigenvalue weighted by Crippen LogP contribution is -2.11. The third-order valence-electron chi connectivity index (χ3n) is 5.18. The number of nitrogens with two attached hydrogens (primary N) is 1. The molecule has 28 heavy (non-hydrogen) atoms. The maximum atomic E-state index is 12.0. The van der Waals surface area contributed by atoms with Gasteiger partial charge in [0, 0.05) is 28.4 Å². The van der Waals surface area contributed by atoms with E-state index in [1.54, 1.807) is 6.07 Å².